The van der Waals surface area contributed by atoms with Crippen LogP contribution >= 0.6 is 11.8 Å². The lowest BCUT2D eigenvalue weighted by molar-refractivity contribution is -0.138. The molecule has 4 nitrogen and oxygen atoms in total. The van der Waals surface area contributed by atoms with E-state index < -0.39 is 6.04 Å². The summed E-state index contributed by atoms with van der Waals surface area (Å²) in [6.07, 6.45) is 0.829. The van der Waals surface area contributed by atoms with Gasteiger partial charge in [-0.05, 0) is 50.5 Å². The molecule has 0 aromatic heterocycles. The molecule has 0 fully saturated rings. The predicted octanol–water partition coefficient (Wildman–Crippen LogP) is 4.62. The number of carbonyl (C=O) groups excluding carboxylic acids is 2. The fourth-order valence-corrected chi connectivity index (χ4v) is 4.10. The van der Waals surface area contributed by atoms with Gasteiger partial charge in [0, 0.05) is 18.8 Å². The molecule has 0 heterocycles. The number of benzene rings is 2. The summed E-state index contributed by atoms with van der Waals surface area (Å²) in [4.78, 5) is 27.1. The zero-order valence-corrected chi connectivity index (χ0v) is 19.0. The summed E-state index contributed by atoms with van der Waals surface area (Å²) < 4.78 is 13.2. The van der Waals surface area contributed by atoms with Gasteiger partial charge in [0.1, 0.15) is 11.9 Å². The largest absolute Gasteiger partial charge is 0.354 e. The number of nitrogens with zero attached hydrogens (tertiary/aromatic N) is 1. The number of rotatable bonds is 10. The van der Waals surface area contributed by atoms with Gasteiger partial charge in [-0.2, -0.15) is 0 Å². The van der Waals surface area contributed by atoms with E-state index in [-0.39, 0.29) is 29.9 Å². The molecule has 30 heavy (non-hydrogen) atoms. The summed E-state index contributed by atoms with van der Waals surface area (Å²) >= 11 is 1.54. The van der Waals surface area contributed by atoms with Gasteiger partial charge >= 0.3 is 0 Å². The van der Waals surface area contributed by atoms with E-state index in [2.05, 4.69) is 37.4 Å². The van der Waals surface area contributed by atoms with Crippen LogP contribution in [-0.4, -0.2) is 35.1 Å². The molecule has 2 aromatic rings. The summed E-state index contributed by atoms with van der Waals surface area (Å²) in [6.45, 7) is 8.69. The lowest BCUT2D eigenvalue weighted by atomic mass is 10.1. The van der Waals surface area contributed by atoms with Crippen LogP contribution < -0.4 is 5.32 Å². The summed E-state index contributed by atoms with van der Waals surface area (Å²) in [5, 5.41) is 2.86. The summed E-state index contributed by atoms with van der Waals surface area (Å²) in [5.74, 6) is 0.406. The second kappa shape index (κ2) is 11.7. The van der Waals surface area contributed by atoms with Gasteiger partial charge in [-0.25, -0.2) is 4.39 Å². The van der Waals surface area contributed by atoms with Gasteiger partial charge in [-0.3, -0.25) is 9.59 Å². The first-order valence-electron chi connectivity index (χ1n) is 10.3. The van der Waals surface area contributed by atoms with E-state index in [1.54, 1.807) is 24.0 Å². The molecule has 0 radical (unpaired) electrons. The van der Waals surface area contributed by atoms with Crippen LogP contribution in [0.2, 0.25) is 0 Å². The van der Waals surface area contributed by atoms with Crippen LogP contribution in [0, 0.1) is 19.7 Å². The highest BCUT2D eigenvalue weighted by atomic mass is 32.2. The van der Waals surface area contributed by atoms with Crippen LogP contribution in [0.3, 0.4) is 0 Å². The number of hydrogen-bond acceptors (Lipinski definition) is 3. The zero-order chi connectivity index (χ0) is 22.1. The van der Waals surface area contributed by atoms with E-state index >= 15 is 0 Å². The molecule has 0 aliphatic carbocycles. The third kappa shape index (κ3) is 7.48. The van der Waals surface area contributed by atoms with Crippen LogP contribution in [0.25, 0.3) is 0 Å². The van der Waals surface area contributed by atoms with Crippen molar-refractivity contribution in [1.82, 2.24) is 10.2 Å². The molecule has 2 rings (SSSR count). The molecule has 0 saturated heterocycles. The maximum Gasteiger partial charge on any atom is 0.242 e. The Hall–Kier alpha value is -2.34. The molecule has 2 aromatic carbocycles. The number of carbonyl (C=O) groups is 2. The standard InChI is InChI=1S/C24H31FN2O2S/c1-5-10-26-24(29)19(4)27(14-20-6-8-22(25)9-7-20)23(28)16-30-15-21-12-17(2)11-18(3)13-21/h6-9,11-13,19H,5,10,14-16H2,1-4H3,(H,26,29)/t19-/m1/s1. The Morgan fingerprint density at radius 1 is 1.07 bits per heavy atom. The second-order valence-corrected chi connectivity index (χ2v) is 8.59. The van der Waals surface area contributed by atoms with Crippen molar-refractivity contribution < 1.29 is 14.0 Å². The average Bonchev–Trinajstić information content (AvgIpc) is 2.70. The van der Waals surface area contributed by atoms with Crippen molar-refractivity contribution in [2.24, 2.45) is 0 Å². The van der Waals surface area contributed by atoms with Crippen molar-refractivity contribution in [2.45, 2.75) is 52.5 Å². The van der Waals surface area contributed by atoms with Gasteiger partial charge in [0.25, 0.3) is 0 Å². The molecule has 162 valence electrons. The molecule has 0 aliphatic heterocycles. The highest BCUT2D eigenvalue weighted by molar-refractivity contribution is 7.99. The maximum atomic E-state index is 13.2. The van der Waals surface area contributed by atoms with Crippen molar-refractivity contribution in [3.63, 3.8) is 0 Å². The first-order valence-corrected chi connectivity index (χ1v) is 11.4. The Labute approximate surface area is 183 Å². The minimum absolute atomic E-state index is 0.104. The Bertz CT molecular complexity index is 835. The molecule has 2 amide bonds. The normalized spacial score (nSPS) is 11.8. The molecular formula is C24H31FN2O2S. The molecule has 6 heteroatoms. The van der Waals surface area contributed by atoms with E-state index in [1.807, 2.05) is 6.92 Å². The molecule has 0 spiro atoms. The van der Waals surface area contributed by atoms with Gasteiger partial charge in [0.05, 0.1) is 5.75 Å². The minimum Gasteiger partial charge on any atom is -0.354 e. The number of nitrogens with one attached hydrogen (secondary N) is 1. The zero-order valence-electron chi connectivity index (χ0n) is 18.2. The van der Waals surface area contributed by atoms with Gasteiger partial charge in [0.15, 0.2) is 0 Å². The lowest BCUT2D eigenvalue weighted by Crippen LogP contribution is -2.48. The van der Waals surface area contributed by atoms with Crippen LogP contribution in [0.1, 0.15) is 42.5 Å². The monoisotopic (exact) mass is 430 g/mol. The smallest absolute Gasteiger partial charge is 0.242 e. The first kappa shape index (κ1) is 23.9. The minimum atomic E-state index is -0.601. The maximum absolute atomic E-state index is 13.2. The van der Waals surface area contributed by atoms with Crippen molar-refractivity contribution in [3.05, 3.63) is 70.5 Å². The van der Waals surface area contributed by atoms with E-state index in [4.69, 9.17) is 0 Å². The number of hydrogen-bond donors (Lipinski definition) is 1. The molecule has 1 atom stereocenters. The van der Waals surface area contributed by atoms with E-state index in [1.165, 1.54) is 40.6 Å². The van der Waals surface area contributed by atoms with E-state index in [0.717, 1.165) is 17.7 Å². The topological polar surface area (TPSA) is 49.4 Å². The highest BCUT2D eigenvalue weighted by Gasteiger charge is 2.25. The molecular weight excluding hydrogens is 399 g/mol. The van der Waals surface area contributed by atoms with E-state index in [9.17, 15) is 14.0 Å². The number of thioether (sulfide) groups is 1. The number of aryl methyl sites for hydroxylation is 2. The van der Waals surface area contributed by atoms with Crippen molar-refractivity contribution in [2.75, 3.05) is 12.3 Å². The SMILES string of the molecule is CCCNC(=O)[C@@H](C)N(Cc1ccc(F)cc1)C(=O)CSCc1cc(C)cc(C)c1. The summed E-state index contributed by atoms with van der Waals surface area (Å²) in [6, 6.07) is 11.8. The molecule has 0 aliphatic rings. The van der Waals surface area contributed by atoms with Crippen LogP contribution in [0.5, 0.6) is 0 Å². The summed E-state index contributed by atoms with van der Waals surface area (Å²) in [7, 11) is 0. The summed E-state index contributed by atoms with van der Waals surface area (Å²) in [5.41, 5.74) is 4.38. The average molecular weight is 431 g/mol. The first-order chi connectivity index (χ1) is 14.3. The van der Waals surface area contributed by atoms with Gasteiger partial charge in [-0.15, -0.1) is 11.8 Å². The van der Waals surface area contributed by atoms with Crippen LogP contribution in [0.4, 0.5) is 4.39 Å². The van der Waals surface area contributed by atoms with Crippen molar-refractivity contribution in [1.29, 1.82) is 0 Å². The fraction of sp³-hybridized carbons (Fsp3) is 0.417. The highest BCUT2D eigenvalue weighted by Crippen LogP contribution is 2.18. The van der Waals surface area contributed by atoms with Gasteiger partial charge in [-0.1, -0.05) is 48.4 Å². The quantitative estimate of drug-likeness (QED) is 0.598. The third-order valence-electron chi connectivity index (χ3n) is 4.76. The fourth-order valence-electron chi connectivity index (χ4n) is 3.26. The molecule has 0 unspecified atom stereocenters. The van der Waals surface area contributed by atoms with Gasteiger partial charge < -0.3 is 10.2 Å². The number of amides is 2. The Morgan fingerprint density at radius 2 is 1.70 bits per heavy atom. The molecule has 0 saturated carbocycles. The third-order valence-corrected chi connectivity index (χ3v) is 5.75. The Balaban J connectivity index is 2.06. The molecule has 0 bridgehead atoms. The van der Waals surface area contributed by atoms with Crippen LogP contribution in [0.15, 0.2) is 42.5 Å². The van der Waals surface area contributed by atoms with E-state index in [0.29, 0.717) is 6.54 Å². The Kier molecular flexibility index (Phi) is 9.37. The predicted molar refractivity (Wildman–Crippen MR) is 122 cm³/mol. The van der Waals surface area contributed by atoms with Crippen molar-refractivity contribution >= 4 is 23.6 Å². The second-order valence-electron chi connectivity index (χ2n) is 7.60. The van der Waals surface area contributed by atoms with Crippen LogP contribution in [-0.2, 0) is 21.9 Å². The van der Waals surface area contributed by atoms with Crippen molar-refractivity contribution in [3.8, 4) is 0 Å². The molecule has 1 N–H and O–H groups in total. The number of halogens is 1. The Morgan fingerprint density at radius 3 is 2.30 bits per heavy atom. The lowest BCUT2D eigenvalue weighted by Gasteiger charge is -2.28. The van der Waals surface area contributed by atoms with Gasteiger partial charge in [0.2, 0.25) is 11.8 Å².